The van der Waals surface area contributed by atoms with Crippen molar-refractivity contribution in [2.45, 2.75) is 18.9 Å². The molecule has 0 aromatic heterocycles. The molecule has 1 amide bonds. The van der Waals surface area contributed by atoms with Gasteiger partial charge in [0.05, 0.1) is 14.2 Å². The van der Waals surface area contributed by atoms with Crippen molar-refractivity contribution in [3.8, 4) is 0 Å². The van der Waals surface area contributed by atoms with E-state index in [0.717, 1.165) is 6.08 Å². The highest BCUT2D eigenvalue weighted by Gasteiger charge is 2.21. The second-order valence-electron chi connectivity index (χ2n) is 2.90. The van der Waals surface area contributed by atoms with Gasteiger partial charge < -0.3 is 14.8 Å². The van der Waals surface area contributed by atoms with Crippen molar-refractivity contribution in [1.82, 2.24) is 5.32 Å². The van der Waals surface area contributed by atoms with E-state index in [1.54, 1.807) is 0 Å². The fraction of sp³-hybridized carbons (Fsp3) is 0.500. The number of amides is 1. The first kappa shape index (κ1) is 14.2. The standard InChI is InChI=1S/C10H15NO5/c1-4-8(12)11-7(10(14)16-3)5-6-9(13)15-2/h4,7H,1,5-6H2,2-3H3,(H,11,12)/t7-/m1/s1. The molecule has 0 aromatic rings. The average Bonchev–Trinajstić information content (AvgIpc) is 2.32. The van der Waals surface area contributed by atoms with Crippen LogP contribution in [-0.4, -0.2) is 38.1 Å². The first-order valence-corrected chi connectivity index (χ1v) is 4.62. The Morgan fingerprint density at radius 1 is 1.31 bits per heavy atom. The number of rotatable bonds is 6. The topological polar surface area (TPSA) is 81.7 Å². The fourth-order valence-electron chi connectivity index (χ4n) is 0.986. The van der Waals surface area contributed by atoms with Gasteiger partial charge in [0.25, 0.3) is 0 Å². The molecule has 1 atom stereocenters. The minimum atomic E-state index is -0.866. The number of nitrogens with one attached hydrogen (secondary N) is 1. The first-order chi connectivity index (χ1) is 7.54. The van der Waals surface area contributed by atoms with Gasteiger partial charge in [-0.3, -0.25) is 9.59 Å². The van der Waals surface area contributed by atoms with Crippen LogP contribution < -0.4 is 5.32 Å². The van der Waals surface area contributed by atoms with E-state index in [0.29, 0.717) is 0 Å². The molecule has 6 nitrogen and oxygen atoms in total. The zero-order chi connectivity index (χ0) is 12.6. The van der Waals surface area contributed by atoms with Gasteiger partial charge in [-0.15, -0.1) is 0 Å². The summed E-state index contributed by atoms with van der Waals surface area (Å²) >= 11 is 0. The number of esters is 2. The van der Waals surface area contributed by atoms with Crippen LogP contribution in [-0.2, 0) is 23.9 Å². The van der Waals surface area contributed by atoms with Crippen LogP contribution >= 0.6 is 0 Å². The molecule has 1 N–H and O–H groups in total. The van der Waals surface area contributed by atoms with E-state index in [1.165, 1.54) is 14.2 Å². The summed E-state index contributed by atoms with van der Waals surface area (Å²) < 4.78 is 8.90. The van der Waals surface area contributed by atoms with E-state index in [-0.39, 0.29) is 12.8 Å². The molecular formula is C10H15NO5. The van der Waals surface area contributed by atoms with E-state index in [4.69, 9.17) is 0 Å². The Labute approximate surface area is 93.6 Å². The Morgan fingerprint density at radius 3 is 2.38 bits per heavy atom. The van der Waals surface area contributed by atoms with Crippen LogP contribution in [0.4, 0.5) is 0 Å². The van der Waals surface area contributed by atoms with Crippen molar-refractivity contribution >= 4 is 17.8 Å². The molecule has 16 heavy (non-hydrogen) atoms. The second-order valence-corrected chi connectivity index (χ2v) is 2.90. The monoisotopic (exact) mass is 229 g/mol. The predicted molar refractivity (Wildman–Crippen MR) is 55.4 cm³/mol. The van der Waals surface area contributed by atoms with Gasteiger partial charge in [0.2, 0.25) is 5.91 Å². The lowest BCUT2D eigenvalue weighted by Gasteiger charge is -2.14. The minimum absolute atomic E-state index is 0.0215. The lowest BCUT2D eigenvalue weighted by Crippen LogP contribution is -2.41. The summed E-state index contributed by atoms with van der Waals surface area (Å²) in [7, 11) is 2.45. The van der Waals surface area contributed by atoms with Crippen LogP contribution in [0, 0.1) is 0 Å². The molecular weight excluding hydrogens is 214 g/mol. The first-order valence-electron chi connectivity index (χ1n) is 4.62. The molecule has 0 aliphatic carbocycles. The maximum atomic E-state index is 11.2. The summed E-state index contributed by atoms with van der Waals surface area (Å²) in [5, 5.41) is 2.36. The number of carbonyl (C=O) groups is 3. The molecule has 0 saturated carbocycles. The Bertz CT molecular complexity index is 287. The molecule has 0 fully saturated rings. The average molecular weight is 229 g/mol. The van der Waals surface area contributed by atoms with Gasteiger partial charge >= 0.3 is 11.9 Å². The van der Waals surface area contributed by atoms with Gasteiger partial charge in [0, 0.05) is 6.42 Å². The molecule has 0 aliphatic heterocycles. The summed E-state index contributed by atoms with van der Waals surface area (Å²) in [5.74, 6) is -1.57. The molecule has 0 rings (SSSR count). The van der Waals surface area contributed by atoms with Gasteiger partial charge in [-0.2, -0.15) is 0 Å². The van der Waals surface area contributed by atoms with Crippen molar-refractivity contribution in [3.63, 3.8) is 0 Å². The predicted octanol–water partition coefficient (Wildman–Crippen LogP) is -0.217. The molecule has 90 valence electrons. The molecule has 0 bridgehead atoms. The summed E-state index contributed by atoms with van der Waals surface area (Å²) in [4.78, 5) is 33.1. The van der Waals surface area contributed by atoms with Gasteiger partial charge in [0.1, 0.15) is 6.04 Å². The summed E-state index contributed by atoms with van der Waals surface area (Å²) in [5.41, 5.74) is 0. The lowest BCUT2D eigenvalue weighted by molar-refractivity contribution is -0.146. The van der Waals surface area contributed by atoms with Crippen LogP contribution in [0.2, 0.25) is 0 Å². The van der Waals surface area contributed by atoms with Gasteiger partial charge in [-0.1, -0.05) is 6.58 Å². The van der Waals surface area contributed by atoms with Crippen LogP contribution in [0.1, 0.15) is 12.8 Å². The number of methoxy groups -OCH3 is 2. The minimum Gasteiger partial charge on any atom is -0.469 e. The number of ether oxygens (including phenoxy) is 2. The number of carbonyl (C=O) groups excluding carboxylic acids is 3. The van der Waals surface area contributed by atoms with Crippen molar-refractivity contribution in [2.24, 2.45) is 0 Å². The molecule has 0 aliphatic rings. The third kappa shape index (κ3) is 5.14. The van der Waals surface area contributed by atoms with Crippen LogP contribution in [0.3, 0.4) is 0 Å². The Hall–Kier alpha value is -1.85. The summed E-state index contributed by atoms with van der Waals surface area (Å²) in [6.07, 6.45) is 1.18. The Morgan fingerprint density at radius 2 is 1.94 bits per heavy atom. The van der Waals surface area contributed by atoms with E-state index in [2.05, 4.69) is 21.4 Å². The summed E-state index contributed by atoms with van der Waals surface area (Å²) in [6, 6.07) is -0.866. The van der Waals surface area contributed by atoms with Gasteiger partial charge in [-0.25, -0.2) is 4.79 Å². The maximum Gasteiger partial charge on any atom is 0.328 e. The molecule has 0 radical (unpaired) electrons. The van der Waals surface area contributed by atoms with E-state index >= 15 is 0 Å². The third-order valence-corrected chi connectivity index (χ3v) is 1.85. The van der Waals surface area contributed by atoms with Gasteiger partial charge in [-0.05, 0) is 12.5 Å². The normalized spacial score (nSPS) is 11.1. The fourth-order valence-corrected chi connectivity index (χ4v) is 0.986. The highest BCUT2D eigenvalue weighted by atomic mass is 16.5. The smallest absolute Gasteiger partial charge is 0.328 e. The Kier molecular flexibility index (Phi) is 6.58. The van der Waals surface area contributed by atoms with Crippen molar-refractivity contribution in [3.05, 3.63) is 12.7 Å². The lowest BCUT2D eigenvalue weighted by atomic mass is 10.1. The zero-order valence-corrected chi connectivity index (χ0v) is 9.32. The maximum absolute atomic E-state index is 11.2. The van der Waals surface area contributed by atoms with Crippen LogP contribution in [0.25, 0.3) is 0 Å². The third-order valence-electron chi connectivity index (χ3n) is 1.85. The van der Waals surface area contributed by atoms with E-state index in [9.17, 15) is 14.4 Å². The summed E-state index contributed by atoms with van der Waals surface area (Å²) in [6.45, 7) is 3.25. The highest BCUT2D eigenvalue weighted by molar-refractivity contribution is 5.91. The second kappa shape index (κ2) is 7.44. The van der Waals surface area contributed by atoms with Crippen LogP contribution in [0.5, 0.6) is 0 Å². The van der Waals surface area contributed by atoms with Crippen molar-refractivity contribution in [1.29, 1.82) is 0 Å². The van der Waals surface area contributed by atoms with Gasteiger partial charge in [0.15, 0.2) is 0 Å². The van der Waals surface area contributed by atoms with Crippen molar-refractivity contribution in [2.75, 3.05) is 14.2 Å². The molecule has 0 unspecified atom stereocenters. The zero-order valence-electron chi connectivity index (χ0n) is 9.32. The molecule has 0 aromatic carbocycles. The molecule has 0 spiro atoms. The van der Waals surface area contributed by atoms with E-state index in [1.807, 2.05) is 0 Å². The molecule has 0 saturated heterocycles. The number of hydrogen-bond donors (Lipinski definition) is 1. The molecule has 0 heterocycles. The number of hydrogen-bond acceptors (Lipinski definition) is 5. The highest BCUT2D eigenvalue weighted by Crippen LogP contribution is 2.01. The quantitative estimate of drug-likeness (QED) is 0.503. The van der Waals surface area contributed by atoms with Crippen LogP contribution in [0.15, 0.2) is 12.7 Å². The molecule has 6 heteroatoms. The van der Waals surface area contributed by atoms with Crippen molar-refractivity contribution < 1.29 is 23.9 Å². The largest absolute Gasteiger partial charge is 0.469 e. The SMILES string of the molecule is C=CC(=O)N[C@H](CCC(=O)OC)C(=O)OC. The Balaban J connectivity index is 4.31. The van der Waals surface area contributed by atoms with E-state index < -0.39 is 23.9 Å².